The largest absolute Gasteiger partial charge is 0.394 e. The molecule has 16 heteroatoms. The minimum atomic E-state index is -1.67. The number of likely N-dealkylation sites (tertiary alicyclic amines) is 1. The first-order valence-electron chi connectivity index (χ1n) is 15.9. The topological polar surface area (TPSA) is 239 Å². The Morgan fingerprint density at radius 3 is 2.47 bits per heavy atom. The van der Waals surface area contributed by atoms with Crippen LogP contribution in [0.1, 0.15) is 53.4 Å². The lowest BCUT2D eigenvalue weighted by atomic mass is 10.0. The van der Waals surface area contributed by atoms with Crippen LogP contribution in [-0.4, -0.2) is 118 Å². The second-order valence-electron chi connectivity index (χ2n) is 11.8. The molecule has 4 aromatic rings. The summed E-state index contributed by atoms with van der Waals surface area (Å²) in [5.41, 5.74) is 9.39. The number of aliphatic hydroxyl groups excluding tert-OH is 5. The van der Waals surface area contributed by atoms with Gasteiger partial charge in [0.2, 0.25) is 0 Å². The molecule has 2 amide bonds. The number of rotatable bonds is 13. The molecule has 0 bridgehead atoms. The quantitative estimate of drug-likeness (QED) is 0.0743. The van der Waals surface area contributed by atoms with Crippen LogP contribution < -0.4 is 20.9 Å². The lowest BCUT2D eigenvalue weighted by Gasteiger charge is -2.35. The van der Waals surface area contributed by atoms with E-state index in [9.17, 15) is 30.0 Å². The van der Waals surface area contributed by atoms with Gasteiger partial charge in [-0.1, -0.05) is 0 Å². The van der Waals surface area contributed by atoms with Crippen LogP contribution in [0.2, 0.25) is 0 Å². The van der Waals surface area contributed by atoms with Crippen molar-refractivity contribution in [2.45, 2.75) is 76.8 Å². The molecular formula is C31H44N9O7+. The lowest BCUT2D eigenvalue weighted by Crippen LogP contribution is -2.52. The second kappa shape index (κ2) is 14.7. The van der Waals surface area contributed by atoms with E-state index in [-0.39, 0.29) is 36.6 Å². The zero-order valence-corrected chi connectivity index (χ0v) is 26.5. The molecule has 1 saturated heterocycles. The van der Waals surface area contributed by atoms with Gasteiger partial charge in [0.15, 0.2) is 28.2 Å². The SMILES string of the molecule is CCn1c(CNC(=O)c2nc3cc[nH]c3nc2N)[n+](CC)c2ccc(C(=O)NC3CCN(C[C@H](O)[C@@H](O)[C@H](O)[C@H](O)CO)CC3)cc21. The van der Waals surface area contributed by atoms with Crippen molar-refractivity contribution in [2.24, 2.45) is 0 Å². The van der Waals surface area contributed by atoms with Crippen LogP contribution in [-0.2, 0) is 19.6 Å². The Hall–Kier alpha value is -4.19. The summed E-state index contributed by atoms with van der Waals surface area (Å²) in [6.07, 6.45) is -3.22. The number of fused-ring (bicyclic) bond motifs is 2. The Balaban J connectivity index is 1.23. The van der Waals surface area contributed by atoms with Gasteiger partial charge in [-0.05, 0) is 44.9 Å². The molecule has 1 fully saturated rings. The van der Waals surface area contributed by atoms with E-state index < -0.39 is 36.9 Å². The number of nitrogens with two attached hydrogens (primary N) is 1. The van der Waals surface area contributed by atoms with E-state index >= 15 is 0 Å². The van der Waals surface area contributed by atoms with Gasteiger partial charge < -0.3 is 51.8 Å². The summed E-state index contributed by atoms with van der Waals surface area (Å²) < 4.78 is 4.16. The van der Waals surface area contributed by atoms with Crippen LogP contribution in [0.3, 0.4) is 0 Å². The summed E-state index contributed by atoms with van der Waals surface area (Å²) >= 11 is 0. The minimum Gasteiger partial charge on any atom is -0.394 e. The zero-order chi connectivity index (χ0) is 33.8. The number of hydrogen-bond donors (Lipinski definition) is 9. The highest BCUT2D eigenvalue weighted by molar-refractivity contribution is 5.98. The van der Waals surface area contributed by atoms with Crippen molar-refractivity contribution >= 4 is 39.8 Å². The van der Waals surface area contributed by atoms with E-state index in [1.807, 2.05) is 30.9 Å². The van der Waals surface area contributed by atoms with Gasteiger partial charge in [0.25, 0.3) is 17.6 Å². The Kier molecular flexibility index (Phi) is 10.7. The van der Waals surface area contributed by atoms with Crippen molar-refractivity contribution in [3.8, 4) is 0 Å². The number of nitrogens with one attached hydrogen (secondary N) is 3. The molecule has 3 aromatic heterocycles. The average Bonchev–Trinajstić information content (AvgIpc) is 3.66. The number of carbonyl (C=O) groups excluding carboxylic acids is 2. The summed E-state index contributed by atoms with van der Waals surface area (Å²) in [6, 6.07) is 7.17. The molecule has 5 rings (SSSR count). The normalized spacial score (nSPS) is 17.1. The Morgan fingerprint density at radius 1 is 1.06 bits per heavy atom. The third kappa shape index (κ3) is 7.22. The highest BCUT2D eigenvalue weighted by Gasteiger charge is 2.32. The fraction of sp³-hybridized carbons (Fsp3) is 0.516. The fourth-order valence-corrected chi connectivity index (χ4v) is 6.19. The van der Waals surface area contributed by atoms with Crippen molar-refractivity contribution in [3.63, 3.8) is 0 Å². The van der Waals surface area contributed by atoms with Gasteiger partial charge >= 0.3 is 0 Å². The molecule has 0 spiro atoms. The number of β-amino-alcohol motifs (C(OH)–C–C–N with tert-alkyl or cyclic N) is 1. The van der Waals surface area contributed by atoms with Gasteiger partial charge in [-0.25, -0.2) is 19.1 Å². The molecule has 4 atom stereocenters. The van der Waals surface area contributed by atoms with Gasteiger partial charge in [0.1, 0.15) is 30.4 Å². The van der Waals surface area contributed by atoms with E-state index in [2.05, 4.69) is 34.7 Å². The van der Waals surface area contributed by atoms with E-state index in [1.165, 1.54) is 0 Å². The highest BCUT2D eigenvalue weighted by Crippen LogP contribution is 2.20. The third-order valence-corrected chi connectivity index (χ3v) is 8.80. The number of benzene rings is 1. The van der Waals surface area contributed by atoms with Gasteiger partial charge in [0, 0.05) is 43.5 Å². The van der Waals surface area contributed by atoms with E-state index in [0.717, 1.165) is 16.9 Å². The summed E-state index contributed by atoms with van der Waals surface area (Å²) in [6.45, 7) is 5.90. The molecule has 0 saturated carbocycles. The third-order valence-electron chi connectivity index (χ3n) is 8.80. The first-order chi connectivity index (χ1) is 22.6. The Bertz CT molecular complexity index is 1720. The summed E-state index contributed by atoms with van der Waals surface area (Å²) in [5.74, 6) is 0.231. The van der Waals surface area contributed by atoms with Crippen LogP contribution in [0.15, 0.2) is 30.5 Å². The number of aromatic nitrogens is 5. The summed E-state index contributed by atoms with van der Waals surface area (Å²) in [4.78, 5) is 39.8. The maximum Gasteiger partial charge on any atom is 0.277 e. The number of aliphatic hydroxyl groups is 5. The smallest absolute Gasteiger partial charge is 0.277 e. The number of H-pyrrole nitrogens is 1. The number of carbonyl (C=O) groups is 2. The molecular weight excluding hydrogens is 610 g/mol. The molecule has 0 unspecified atom stereocenters. The number of imidazole rings is 1. The zero-order valence-electron chi connectivity index (χ0n) is 26.5. The van der Waals surface area contributed by atoms with E-state index in [4.69, 9.17) is 10.8 Å². The van der Waals surface area contributed by atoms with Gasteiger partial charge in [-0.2, -0.15) is 0 Å². The molecule has 1 aromatic carbocycles. The van der Waals surface area contributed by atoms with Crippen LogP contribution in [0.4, 0.5) is 5.82 Å². The first kappa shape index (κ1) is 34.2. The van der Waals surface area contributed by atoms with Crippen molar-refractivity contribution in [1.29, 1.82) is 0 Å². The van der Waals surface area contributed by atoms with Crippen molar-refractivity contribution in [3.05, 3.63) is 47.5 Å². The fourth-order valence-electron chi connectivity index (χ4n) is 6.19. The maximum atomic E-state index is 13.3. The van der Waals surface area contributed by atoms with Crippen molar-refractivity contribution in [1.82, 2.24) is 35.1 Å². The molecule has 47 heavy (non-hydrogen) atoms. The Labute approximate surface area is 270 Å². The number of nitrogen functional groups attached to an aromatic ring is 1. The molecule has 4 heterocycles. The predicted molar refractivity (Wildman–Crippen MR) is 171 cm³/mol. The number of aromatic amines is 1. The maximum absolute atomic E-state index is 13.3. The average molecular weight is 655 g/mol. The number of nitrogens with zero attached hydrogens (tertiary/aromatic N) is 5. The monoisotopic (exact) mass is 654 g/mol. The van der Waals surface area contributed by atoms with Crippen LogP contribution in [0, 0.1) is 0 Å². The Morgan fingerprint density at radius 2 is 1.79 bits per heavy atom. The molecule has 16 nitrogen and oxygen atoms in total. The molecule has 10 N–H and O–H groups in total. The van der Waals surface area contributed by atoms with Crippen molar-refractivity contribution < 1.29 is 39.7 Å². The second-order valence-corrected chi connectivity index (χ2v) is 11.8. The lowest BCUT2D eigenvalue weighted by molar-refractivity contribution is -0.676. The van der Waals surface area contributed by atoms with E-state index in [1.54, 1.807) is 18.3 Å². The minimum absolute atomic E-state index is 0.0318. The molecule has 1 aliphatic rings. The number of piperidine rings is 1. The molecule has 1 aliphatic heterocycles. The van der Waals surface area contributed by atoms with Crippen LogP contribution in [0.5, 0.6) is 0 Å². The number of aryl methyl sites for hydroxylation is 2. The number of anilines is 1. The summed E-state index contributed by atoms with van der Waals surface area (Å²) in [7, 11) is 0. The van der Waals surface area contributed by atoms with Gasteiger partial charge in [-0.3, -0.25) is 9.59 Å². The van der Waals surface area contributed by atoms with Gasteiger partial charge in [-0.15, -0.1) is 0 Å². The standard InChI is InChI=1S/C31H43N9O7/c1-3-39-20-6-5-17(30(46)35-18-8-11-38(12-9-18)15-22(42)26(44)27(45)23(43)16-41)13-21(20)40(4-2)24(39)14-34-31(47)25-28(32)37-29-19(36-25)7-10-33-29/h5-7,10,13,18,22-23,26-27,41-45H,3-4,8-9,11-12,14-16H2,1-2H3,(H4-,32,33,34,35,36,37,46,47)/p+1/t22-,23+,26+,27+/m0/s1. The van der Waals surface area contributed by atoms with Gasteiger partial charge in [0.05, 0.1) is 25.8 Å². The molecule has 0 radical (unpaired) electrons. The molecule has 254 valence electrons. The van der Waals surface area contributed by atoms with Crippen molar-refractivity contribution in [2.75, 3.05) is 32.0 Å². The summed E-state index contributed by atoms with van der Waals surface area (Å²) in [5, 5.41) is 54.9. The molecule has 0 aliphatic carbocycles. The highest BCUT2D eigenvalue weighted by atomic mass is 16.4. The predicted octanol–water partition coefficient (Wildman–Crippen LogP) is -1.62. The van der Waals surface area contributed by atoms with E-state index in [0.29, 0.717) is 55.7 Å². The van der Waals surface area contributed by atoms with Crippen LogP contribution >= 0.6 is 0 Å². The first-order valence-corrected chi connectivity index (χ1v) is 15.9. The number of amides is 2. The van der Waals surface area contributed by atoms with Crippen LogP contribution in [0.25, 0.3) is 22.2 Å². The number of hydrogen-bond acceptors (Lipinski definition) is 11.